The van der Waals surface area contributed by atoms with Crippen molar-refractivity contribution in [2.75, 3.05) is 12.8 Å². The standard InChI is InChI=1S/C24H20N4OS2/c1-27(22(17-10-4-2-5-11-17)18-12-6-3-7-13-18)21(29)16-30-23-25-26-24-28(23)19-14-8-9-15-20(19)31-24/h2-15,22H,16H2,1H3. The Bertz CT molecular complexity index is 1290. The van der Waals surface area contributed by atoms with Gasteiger partial charge in [0.2, 0.25) is 10.9 Å². The predicted molar refractivity (Wildman–Crippen MR) is 127 cm³/mol. The Labute approximate surface area is 188 Å². The summed E-state index contributed by atoms with van der Waals surface area (Å²) in [7, 11) is 1.87. The number of aromatic nitrogens is 3. The van der Waals surface area contributed by atoms with Crippen LogP contribution in [0.3, 0.4) is 0 Å². The predicted octanol–water partition coefficient (Wildman–Crippen LogP) is 5.28. The lowest BCUT2D eigenvalue weighted by atomic mass is 9.97. The maximum Gasteiger partial charge on any atom is 0.233 e. The van der Waals surface area contributed by atoms with E-state index in [1.54, 1.807) is 11.3 Å². The zero-order valence-corrected chi connectivity index (χ0v) is 18.5. The Hall–Kier alpha value is -3.16. The number of hydrogen-bond acceptors (Lipinski definition) is 5. The molecule has 0 aliphatic rings. The van der Waals surface area contributed by atoms with Gasteiger partial charge in [0.1, 0.15) is 0 Å². The van der Waals surface area contributed by atoms with Crippen LogP contribution in [0.15, 0.2) is 90.1 Å². The van der Waals surface area contributed by atoms with Crippen LogP contribution in [0.5, 0.6) is 0 Å². The Morgan fingerprint density at radius 2 is 1.55 bits per heavy atom. The molecule has 5 aromatic rings. The zero-order valence-electron chi connectivity index (χ0n) is 16.9. The quantitative estimate of drug-likeness (QED) is 0.334. The lowest BCUT2D eigenvalue weighted by Gasteiger charge is -2.29. The van der Waals surface area contributed by atoms with Gasteiger partial charge in [0, 0.05) is 7.05 Å². The van der Waals surface area contributed by atoms with E-state index in [2.05, 4.69) is 46.6 Å². The molecular formula is C24H20N4OS2. The van der Waals surface area contributed by atoms with Crippen molar-refractivity contribution in [1.82, 2.24) is 19.5 Å². The van der Waals surface area contributed by atoms with E-state index in [1.165, 1.54) is 11.8 Å². The molecule has 0 atom stereocenters. The van der Waals surface area contributed by atoms with Crippen molar-refractivity contribution in [2.24, 2.45) is 0 Å². The fourth-order valence-corrected chi connectivity index (χ4v) is 5.62. The third kappa shape index (κ3) is 3.82. The number of hydrogen-bond donors (Lipinski definition) is 0. The number of amides is 1. The van der Waals surface area contributed by atoms with E-state index in [0.717, 1.165) is 31.5 Å². The maximum atomic E-state index is 13.2. The highest BCUT2D eigenvalue weighted by molar-refractivity contribution is 7.99. The smallest absolute Gasteiger partial charge is 0.233 e. The van der Waals surface area contributed by atoms with Crippen LogP contribution in [-0.2, 0) is 4.79 Å². The van der Waals surface area contributed by atoms with E-state index in [1.807, 2.05) is 64.9 Å². The van der Waals surface area contributed by atoms with Gasteiger partial charge >= 0.3 is 0 Å². The molecule has 0 bridgehead atoms. The van der Waals surface area contributed by atoms with Crippen molar-refractivity contribution in [1.29, 1.82) is 0 Å². The monoisotopic (exact) mass is 444 g/mol. The Morgan fingerprint density at radius 3 is 2.23 bits per heavy atom. The van der Waals surface area contributed by atoms with Gasteiger partial charge in [-0.2, -0.15) is 0 Å². The molecule has 0 aliphatic carbocycles. The van der Waals surface area contributed by atoms with Crippen LogP contribution < -0.4 is 0 Å². The second-order valence-electron chi connectivity index (χ2n) is 7.19. The molecule has 5 rings (SSSR count). The molecule has 154 valence electrons. The topological polar surface area (TPSA) is 50.5 Å². The Kier molecular flexibility index (Phi) is 5.44. The molecule has 0 unspecified atom stereocenters. The van der Waals surface area contributed by atoms with E-state index < -0.39 is 0 Å². The molecule has 0 saturated carbocycles. The van der Waals surface area contributed by atoms with Crippen LogP contribution in [0.1, 0.15) is 17.2 Å². The number of carbonyl (C=O) groups is 1. The minimum atomic E-state index is -0.143. The summed E-state index contributed by atoms with van der Waals surface area (Å²) in [5, 5.41) is 9.35. The molecule has 0 aliphatic heterocycles. The molecule has 2 aromatic heterocycles. The fraction of sp³-hybridized carbons (Fsp3) is 0.125. The summed E-state index contributed by atoms with van der Waals surface area (Å²) in [5.41, 5.74) is 3.24. The Balaban J connectivity index is 1.40. The average Bonchev–Trinajstić information content (AvgIpc) is 3.38. The molecule has 31 heavy (non-hydrogen) atoms. The molecule has 0 N–H and O–H groups in total. The number of rotatable bonds is 6. The van der Waals surface area contributed by atoms with E-state index in [4.69, 9.17) is 0 Å². The SMILES string of the molecule is CN(C(=O)CSc1nnc2sc3ccccc3n12)C(c1ccccc1)c1ccccc1. The van der Waals surface area contributed by atoms with Crippen molar-refractivity contribution < 1.29 is 4.79 Å². The molecule has 0 radical (unpaired) electrons. The molecule has 2 heterocycles. The summed E-state index contributed by atoms with van der Waals surface area (Å²) in [6, 6.07) is 28.3. The lowest BCUT2D eigenvalue weighted by Crippen LogP contribution is -2.33. The van der Waals surface area contributed by atoms with Gasteiger partial charge in [-0.25, -0.2) is 0 Å². The van der Waals surface area contributed by atoms with Crippen molar-refractivity contribution in [3.05, 3.63) is 96.1 Å². The first-order valence-corrected chi connectivity index (χ1v) is 11.7. The number of thioether (sulfide) groups is 1. The van der Waals surface area contributed by atoms with Gasteiger partial charge in [-0.05, 0) is 23.3 Å². The van der Waals surface area contributed by atoms with Crippen molar-refractivity contribution >= 4 is 44.2 Å². The first-order chi connectivity index (χ1) is 15.2. The number of nitrogens with zero attached hydrogens (tertiary/aromatic N) is 4. The lowest BCUT2D eigenvalue weighted by molar-refractivity contribution is -0.128. The minimum Gasteiger partial charge on any atom is -0.334 e. The number of benzene rings is 3. The second kappa shape index (κ2) is 8.53. The summed E-state index contributed by atoms with van der Waals surface area (Å²) in [5.74, 6) is 0.330. The number of fused-ring (bicyclic) bond motifs is 3. The summed E-state index contributed by atoms with van der Waals surface area (Å²) in [4.78, 5) is 15.9. The van der Waals surface area contributed by atoms with E-state index >= 15 is 0 Å². The number of thiazole rings is 1. The fourth-order valence-electron chi connectivity index (χ4n) is 3.73. The largest absolute Gasteiger partial charge is 0.334 e. The first kappa shape index (κ1) is 19.8. The average molecular weight is 445 g/mol. The van der Waals surface area contributed by atoms with Gasteiger partial charge in [0.15, 0.2) is 5.16 Å². The normalized spacial score (nSPS) is 11.4. The molecular weight excluding hydrogens is 424 g/mol. The van der Waals surface area contributed by atoms with Crippen LogP contribution in [0.25, 0.3) is 15.2 Å². The zero-order chi connectivity index (χ0) is 21.2. The molecule has 7 heteroatoms. The molecule has 3 aromatic carbocycles. The third-order valence-corrected chi connectivity index (χ3v) is 7.17. The molecule has 0 saturated heterocycles. The van der Waals surface area contributed by atoms with Gasteiger partial charge in [0.05, 0.1) is 22.0 Å². The van der Waals surface area contributed by atoms with Gasteiger partial charge in [-0.1, -0.05) is 95.9 Å². The van der Waals surface area contributed by atoms with Crippen LogP contribution in [0, 0.1) is 0 Å². The van der Waals surface area contributed by atoms with Crippen molar-refractivity contribution in [3.63, 3.8) is 0 Å². The summed E-state index contributed by atoms with van der Waals surface area (Å²) >= 11 is 3.03. The second-order valence-corrected chi connectivity index (χ2v) is 9.14. The van der Waals surface area contributed by atoms with Crippen molar-refractivity contribution in [3.8, 4) is 0 Å². The molecule has 0 spiro atoms. The van der Waals surface area contributed by atoms with Crippen LogP contribution in [0.4, 0.5) is 0 Å². The Morgan fingerprint density at radius 1 is 0.935 bits per heavy atom. The highest BCUT2D eigenvalue weighted by atomic mass is 32.2. The van der Waals surface area contributed by atoms with Gasteiger partial charge in [-0.3, -0.25) is 9.20 Å². The van der Waals surface area contributed by atoms with E-state index in [-0.39, 0.29) is 17.7 Å². The third-order valence-electron chi connectivity index (χ3n) is 5.25. The van der Waals surface area contributed by atoms with Gasteiger partial charge in [0.25, 0.3) is 0 Å². The van der Waals surface area contributed by atoms with E-state index in [9.17, 15) is 4.79 Å². The van der Waals surface area contributed by atoms with E-state index in [0.29, 0.717) is 0 Å². The maximum absolute atomic E-state index is 13.2. The highest BCUT2D eigenvalue weighted by Gasteiger charge is 2.24. The van der Waals surface area contributed by atoms with Gasteiger partial charge < -0.3 is 4.90 Å². The molecule has 0 fully saturated rings. The first-order valence-electron chi connectivity index (χ1n) is 9.93. The van der Waals surface area contributed by atoms with Crippen LogP contribution in [-0.4, -0.2) is 38.2 Å². The summed E-state index contributed by atoms with van der Waals surface area (Å²) < 4.78 is 3.19. The minimum absolute atomic E-state index is 0.0407. The van der Waals surface area contributed by atoms with Crippen LogP contribution in [0.2, 0.25) is 0 Å². The van der Waals surface area contributed by atoms with Crippen molar-refractivity contribution in [2.45, 2.75) is 11.2 Å². The highest BCUT2D eigenvalue weighted by Crippen LogP contribution is 2.31. The summed E-state index contributed by atoms with van der Waals surface area (Å²) in [6.45, 7) is 0. The molecule has 1 amide bonds. The molecule has 5 nitrogen and oxygen atoms in total. The van der Waals surface area contributed by atoms with Gasteiger partial charge in [-0.15, -0.1) is 10.2 Å². The summed E-state index contributed by atoms with van der Waals surface area (Å²) in [6.07, 6.45) is 0. The van der Waals surface area contributed by atoms with Crippen LogP contribution >= 0.6 is 23.1 Å². The number of para-hydroxylation sites is 1. The number of carbonyl (C=O) groups excluding carboxylic acids is 1.